The molecule has 1 aromatic rings. The SMILES string of the molecule is CN[C@H](c1nc(C2CC2)nn1CC(=O)O)C(C)C. The molecule has 0 unspecified atom stereocenters. The molecule has 18 heavy (non-hydrogen) atoms. The van der Waals surface area contributed by atoms with E-state index in [4.69, 9.17) is 5.11 Å². The number of nitrogens with one attached hydrogen (secondary N) is 1. The van der Waals surface area contributed by atoms with Gasteiger partial charge >= 0.3 is 5.97 Å². The molecule has 0 amide bonds. The highest BCUT2D eigenvalue weighted by molar-refractivity contribution is 5.66. The number of carboxylic acids is 1. The van der Waals surface area contributed by atoms with E-state index in [2.05, 4.69) is 29.2 Å². The molecule has 0 aliphatic heterocycles. The standard InChI is InChI=1S/C12H20N4O2/c1-7(2)10(13-3)12-14-11(8-4-5-8)15-16(12)6-9(17)18/h7-8,10,13H,4-6H2,1-3H3,(H,17,18)/t10-/m0/s1. The van der Waals surface area contributed by atoms with Gasteiger partial charge in [0.25, 0.3) is 0 Å². The van der Waals surface area contributed by atoms with E-state index in [1.165, 1.54) is 4.68 Å². The monoisotopic (exact) mass is 252 g/mol. The third-order valence-corrected chi connectivity index (χ3v) is 3.20. The summed E-state index contributed by atoms with van der Waals surface area (Å²) in [5.41, 5.74) is 0. The minimum atomic E-state index is -0.887. The Balaban J connectivity index is 2.32. The summed E-state index contributed by atoms with van der Waals surface area (Å²) in [7, 11) is 1.86. The predicted octanol–water partition coefficient (Wildman–Crippen LogP) is 1.16. The maximum Gasteiger partial charge on any atom is 0.325 e. The van der Waals surface area contributed by atoms with E-state index in [1.807, 2.05) is 7.05 Å². The van der Waals surface area contributed by atoms with Crippen LogP contribution in [0.1, 0.15) is 50.3 Å². The Labute approximate surface area is 106 Å². The van der Waals surface area contributed by atoms with Crippen LogP contribution in [0.15, 0.2) is 0 Å². The largest absolute Gasteiger partial charge is 0.480 e. The Kier molecular flexibility index (Phi) is 3.65. The van der Waals surface area contributed by atoms with E-state index in [1.54, 1.807) is 0 Å². The first kappa shape index (κ1) is 13.0. The average Bonchev–Trinajstić information content (AvgIpc) is 3.04. The molecule has 0 spiro atoms. The summed E-state index contributed by atoms with van der Waals surface area (Å²) >= 11 is 0. The minimum absolute atomic E-state index is 0.0318. The van der Waals surface area contributed by atoms with Crippen molar-refractivity contribution >= 4 is 5.97 Å². The minimum Gasteiger partial charge on any atom is -0.480 e. The Morgan fingerprint density at radius 3 is 2.67 bits per heavy atom. The quantitative estimate of drug-likeness (QED) is 0.794. The average molecular weight is 252 g/mol. The van der Waals surface area contributed by atoms with E-state index >= 15 is 0 Å². The molecule has 0 radical (unpaired) electrons. The van der Waals surface area contributed by atoms with Crippen LogP contribution in [0.5, 0.6) is 0 Å². The Hall–Kier alpha value is -1.43. The lowest BCUT2D eigenvalue weighted by atomic mass is 10.0. The van der Waals surface area contributed by atoms with Crippen LogP contribution in [-0.4, -0.2) is 32.9 Å². The van der Waals surface area contributed by atoms with Gasteiger partial charge in [-0.15, -0.1) is 0 Å². The number of hydrogen-bond donors (Lipinski definition) is 2. The molecule has 0 bridgehead atoms. The molecule has 1 heterocycles. The number of carboxylic acid groups (broad SMARTS) is 1. The number of carbonyl (C=O) groups is 1. The van der Waals surface area contributed by atoms with Gasteiger partial charge in [-0.1, -0.05) is 13.8 Å². The summed E-state index contributed by atoms with van der Waals surface area (Å²) in [5, 5.41) is 16.5. The smallest absolute Gasteiger partial charge is 0.325 e. The zero-order valence-electron chi connectivity index (χ0n) is 11.1. The molecule has 6 nitrogen and oxygen atoms in total. The molecule has 1 atom stereocenters. The summed E-state index contributed by atoms with van der Waals surface area (Å²) in [4.78, 5) is 15.4. The molecule has 1 aromatic heterocycles. The van der Waals surface area contributed by atoms with Crippen LogP contribution in [0.4, 0.5) is 0 Å². The van der Waals surface area contributed by atoms with Gasteiger partial charge in [0.1, 0.15) is 12.4 Å². The molecule has 1 fully saturated rings. The van der Waals surface area contributed by atoms with Crippen molar-refractivity contribution in [1.29, 1.82) is 0 Å². The van der Waals surface area contributed by atoms with Crippen molar-refractivity contribution in [3.8, 4) is 0 Å². The van der Waals surface area contributed by atoms with Gasteiger partial charge in [-0.25, -0.2) is 9.67 Å². The van der Waals surface area contributed by atoms with Crippen molar-refractivity contribution in [1.82, 2.24) is 20.1 Å². The van der Waals surface area contributed by atoms with Crippen molar-refractivity contribution in [3.05, 3.63) is 11.6 Å². The zero-order valence-corrected chi connectivity index (χ0v) is 11.1. The van der Waals surface area contributed by atoms with E-state index in [0.717, 1.165) is 24.5 Å². The van der Waals surface area contributed by atoms with Crippen molar-refractivity contribution in [2.45, 2.75) is 45.2 Å². The second-order valence-corrected chi connectivity index (χ2v) is 5.16. The van der Waals surface area contributed by atoms with Gasteiger partial charge in [0.15, 0.2) is 5.82 Å². The van der Waals surface area contributed by atoms with Crippen molar-refractivity contribution < 1.29 is 9.90 Å². The van der Waals surface area contributed by atoms with Gasteiger partial charge in [-0.3, -0.25) is 4.79 Å². The van der Waals surface area contributed by atoms with Crippen LogP contribution in [0.2, 0.25) is 0 Å². The van der Waals surface area contributed by atoms with E-state index < -0.39 is 5.97 Å². The van der Waals surface area contributed by atoms with E-state index in [9.17, 15) is 4.79 Å². The molecule has 1 saturated carbocycles. The fraction of sp³-hybridized carbons (Fsp3) is 0.750. The third kappa shape index (κ3) is 2.69. The van der Waals surface area contributed by atoms with Crippen molar-refractivity contribution in [2.75, 3.05) is 7.05 Å². The summed E-state index contributed by atoms with van der Waals surface area (Å²) in [6.07, 6.45) is 2.23. The van der Waals surface area contributed by atoms with Crippen LogP contribution in [0.25, 0.3) is 0 Å². The maximum absolute atomic E-state index is 10.9. The molecule has 1 aliphatic rings. The lowest BCUT2D eigenvalue weighted by Crippen LogP contribution is -2.27. The first-order valence-electron chi connectivity index (χ1n) is 6.36. The van der Waals surface area contributed by atoms with Gasteiger partial charge in [0, 0.05) is 5.92 Å². The fourth-order valence-electron chi connectivity index (χ4n) is 2.12. The predicted molar refractivity (Wildman–Crippen MR) is 66.3 cm³/mol. The molecule has 2 N–H and O–H groups in total. The second kappa shape index (κ2) is 5.06. The maximum atomic E-state index is 10.9. The van der Waals surface area contributed by atoms with Crippen molar-refractivity contribution in [3.63, 3.8) is 0 Å². The van der Waals surface area contributed by atoms with E-state index in [0.29, 0.717) is 11.8 Å². The van der Waals surface area contributed by atoms with Gasteiger partial charge in [-0.05, 0) is 25.8 Å². The highest BCUT2D eigenvalue weighted by Gasteiger charge is 2.31. The molecule has 1 aliphatic carbocycles. The third-order valence-electron chi connectivity index (χ3n) is 3.20. The Bertz CT molecular complexity index is 437. The summed E-state index contributed by atoms with van der Waals surface area (Å²) in [6.45, 7) is 4.04. The Morgan fingerprint density at radius 1 is 1.56 bits per heavy atom. The molecule has 2 rings (SSSR count). The molecular weight excluding hydrogens is 232 g/mol. The molecule has 0 saturated heterocycles. The van der Waals surface area contributed by atoms with Gasteiger partial charge in [0.2, 0.25) is 0 Å². The van der Waals surface area contributed by atoms with Crippen LogP contribution in [0.3, 0.4) is 0 Å². The number of rotatable bonds is 6. The topological polar surface area (TPSA) is 80.0 Å². The molecular formula is C12H20N4O2. The zero-order chi connectivity index (χ0) is 13.3. The van der Waals surface area contributed by atoms with Crippen LogP contribution in [-0.2, 0) is 11.3 Å². The normalized spacial score (nSPS) is 17.1. The lowest BCUT2D eigenvalue weighted by Gasteiger charge is -2.19. The number of hydrogen-bond acceptors (Lipinski definition) is 4. The molecule has 6 heteroatoms. The van der Waals surface area contributed by atoms with Gasteiger partial charge < -0.3 is 10.4 Å². The molecule has 100 valence electrons. The summed E-state index contributed by atoms with van der Waals surface area (Å²) < 4.78 is 1.52. The fourth-order valence-corrected chi connectivity index (χ4v) is 2.12. The Morgan fingerprint density at radius 2 is 2.22 bits per heavy atom. The van der Waals surface area contributed by atoms with Crippen LogP contribution in [0, 0.1) is 5.92 Å². The highest BCUT2D eigenvalue weighted by Crippen LogP contribution is 2.38. The molecule has 0 aromatic carbocycles. The lowest BCUT2D eigenvalue weighted by molar-refractivity contribution is -0.138. The first-order chi connectivity index (χ1) is 8.52. The van der Waals surface area contributed by atoms with Crippen LogP contribution < -0.4 is 5.32 Å². The van der Waals surface area contributed by atoms with Crippen molar-refractivity contribution in [2.24, 2.45) is 5.92 Å². The number of aromatic nitrogens is 3. The number of aliphatic carboxylic acids is 1. The van der Waals surface area contributed by atoms with Gasteiger partial charge in [-0.2, -0.15) is 5.10 Å². The number of nitrogens with zero attached hydrogens (tertiary/aromatic N) is 3. The first-order valence-corrected chi connectivity index (χ1v) is 6.36. The highest BCUT2D eigenvalue weighted by atomic mass is 16.4. The second-order valence-electron chi connectivity index (χ2n) is 5.16. The van der Waals surface area contributed by atoms with Crippen LogP contribution >= 0.6 is 0 Å². The summed E-state index contributed by atoms with van der Waals surface area (Å²) in [6, 6.07) is 0.0318. The summed E-state index contributed by atoms with van der Waals surface area (Å²) in [5.74, 6) is 1.41. The van der Waals surface area contributed by atoms with Gasteiger partial charge in [0.05, 0.1) is 6.04 Å². The van der Waals surface area contributed by atoms with E-state index in [-0.39, 0.29) is 12.6 Å².